The first-order chi connectivity index (χ1) is 9.11. The number of aryl methyl sites for hydroxylation is 1. The summed E-state index contributed by atoms with van der Waals surface area (Å²) in [6.45, 7) is 3.75. The van der Waals surface area contributed by atoms with E-state index in [2.05, 4.69) is 15.3 Å². The first-order valence-electron chi connectivity index (χ1n) is 5.99. The van der Waals surface area contributed by atoms with Gasteiger partial charge in [0.05, 0.1) is 18.7 Å². The molecule has 1 aromatic heterocycles. The number of anilines is 1. The van der Waals surface area contributed by atoms with Crippen molar-refractivity contribution < 1.29 is 9.13 Å². The Labute approximate surface area is 111 Å². The standard InChI is InChI=1S/C14H16FN3O/c1-9-7-16-14(17-8-9)18-10(2)13-11(15)5-4-6-12(13)19-3/h4-8,10H,1-3H3,(H,16,17,18). The maximum absolute atomic E-state index is 13.9. The Morgan fingerprint density at radius 1 is 1.26 bits per heavy atom. The normalized spacial score (nSPS) is 12.0. The van der Waals surface area contributed by atoms with E-state index in [1.54, 1.807) is 24.5 Å². The predicted molar refractivity (Wildman–Crippen MR) is 71.8 cm³/mol. The quantitative estimate of drug-likeness (QED) is 0.918. The van der Waals surface area contributed by atoms with Crippen LogP contribution in [0, 0.1) is 12.7 Å². The van der Waals surface area contributed by atoms with Gasteiger partial charge in [-0.3, -0.25) is 0 Å². The fourth-order valence-corrected chi connectivity index (χ4v) is 1.85. The molecule has 4 nitrogen and oxygen atoms in total. The van der Waals surface area contributed by atoms with Gasteiger partial charge in [0.2, 0.25) is 5.95 Å². The third-order valence-corrected chi connectivity index (χ3v) is 2.79. The summed E-state index contributed by atoms with van der Waals surface area (Å²) in [6, 6.07) is 4.46. The van der Waals surface area contributed by atoms with E-state index in [1.165, 1.54) is 13.2 Å². The van der Waals surface area contributed by atoms with Crippen molar-refractivity contribution in [2.24, 2.45) is 0 Å². The molecule has 2 rings (SSSR count). The van der Waals surface area contributed by atoms with E-state index < -0.39 is 0 Å². The number of nitrogens with one attached hydrogen (secondary N) is 1. The molecule has 2 aromatic rings. The van der Waals surface area contributed by atoms with Crippen LogP contribution in [0.15, 0.2) is 30.6 Å². The number of ether oxygens (including phenoxy) is 1. The summed E-state index contributed by atoms with van der Waals surface area (Å²) in [7, 11) is 1.52. The smallest absolute Gasteiger partial charge is 0.223 e. The van der Waals surface area contributed by atoms with Crippen molar-refractivity contribution in [1.29, 1.82) is 0 Å². The van der Waals surface area contributed by atoms with Crippen LogP contribution in [0.1, 0.15) is 24.1 Å². The predicted octanol–water partition coefficient (Wildman–Crippen LogP) is 3.11. The lowest BCUT2D eigenvalue weighted by molar-refractivity contribution is 0.402. The molecule has 0 spiro atoms. The van der Waals surface area contributed by atoms with Gasteiger partial charge < -0.3 is 10.1 Å². The highest BCUT2D eigenvalue weighted by molar-refractivity contribution is 5.41. The summed E-state index contributed by atoms with van der Waals surface area (Å²) in [5, 5.41) is 3.06. The summed E-state index contributed by atoms with van der Waals surface area (Å²) >= 11 is 0. The highest BCUT2D eigenvalue weighted by Crippen LogP contribution is 2.29. The Hall–Kier alpha value is -2.17. The van der Waals surface area contributed by atoms with E-state index in [4.69, 9.17) is 4.74 Å². The molecule has 1 N–H and O–H groups in total. The van der Waals surface area contributed by atoms with Crippen LogP contribution in [0.25, 0.3) is 0 Å². The fraction of sp³-hybridized carbons (Fsp3) is 0.286. The zero-order chi connectivity index (χ0) is 13.8. The van der Waals surface area contributed by atoms with Gasteiger partial charge in [-0.1, -0.05) is 6.07 Å². The average Bonchev–Trinajstić information content (AvgIpc) is 2.40. The highest BCUT2D eigenvalue weighted by Gasteiger charge is 2.16. The van der Waals surface area contributed by atoms with E-state index >= 15 is 0 Å². The van der Waals surface area contributed by atoms with E-state index in [9.17, 15) is 4.39 Å². The SMILES string of the molecule is COc1cccc(F)c1C(C)Nc1ncc(C)cn1. The summed E-state index contributed by atoms with van der Waals surface area (Å²) in [6.07, 6.45) is 3.42. The molecule has 1 aromatic carbocycles. The fourth-order valence-electron chi connectivity index (χ4n) is 1.85. The van der Waals surface area contributed by atoms with E-state index in [-0.39, 0.29) is 11.9 Å². The molecule has 0 fully saturated rings. The maximum Gasteiger partial charge on any atom is 0.223 e. The molecule has 0 aliphatic carbocycles. The Bertz CT molecular complexity index is 557. The number of hydrogen-bond donors (Lipinski definition) is 1. The molecule has 5 heteroatoms. The van der Waals surface area contributed by atoms with Gasteiger partial charge >= 0.3 is 0 Å². The van der Waals surface area contributed by atoms with Crippen LogP contribution in [-0.2, 0) is 0 Å². The third kappa shape index (κ3) is 2.99. The molecule has 0 aliphatic heterocycles. The molecular weight excluding hydrogens is 245 g/mol. The molecule has 0 aliphatic rings. The topological polar surface area (TPSA) is 47.0 Å². The third-order valence-electron chi connectivity index (χ3n) is 2.79. The van der Waals surface area contributed by atoms with Crippen molar-refractivity contribution in [3.8, 4) is 5.75 Å². The molecule has 1 unspecified atom stereocenters. The van der Waals surface area contributed by atoms with Crippen molar-refractivity contribution in [2.75, 3.05) is 12.4 Å². The Morgan fingerprint density at radius 2 is 1.95 bits per heavy atom. The van der Waals surface area contributed by atoms with Gasteiger partial charge in [0.1, 0.15) is 11.6 Å². The highest BCUT2D eigenvalue weighted by atomic mass is 19.1. The van der Waals surface area contributed by atoms with Gasteiger partial charge in [0.25, 0.3) is 0 Å². The van der Waals surface area contributed by atoms with Crippen LogP contribution in [0.3, 0.4) is 0 Å². The monoisotopic (exact) mass is 261 g/mol. The van der Waals surface area contributed by atoms with Crippen molar-refractivity contribution in [3.63, 3.8) is 0 Å². The number of halogens is 1. The van der Waals surface area contributed by atoms with Crippen LogP contribution in [-0.4, -0.2) is 17.1 Å². The molecule has 1 atom stereocenters. The number of benzene rings is 1. The lowest BCUT2D eigenvalue weighted by Crippen LogP contribution is -2.12. The van der Waals surface area contributed by atoms with E-state index in [0.717, 1.165) is 5.56 Å². The molecule has 0 saturated carbocycles. The molecule has 100 valence electrons. The summed E-state index contributed by atoms with van der Waals surface area (Å²) < 4.78 is 19.1. The molecule has 0 radical (unpaired) electrons. The molecular formula is C14H16FN3O. The summed E-state index contributed by atoms with van der Waals surface area (Å²) in [5.74, 6) is 0.655. The van der Waals surface area contributed by atoms with Crippen molar-refractivity contribution in [1.82, 2.24) is 9.97 Å². The van der Waals surface area contributed by atoms with Gasteiger partial charge in [-0.2, -0.15) is 0 Å². The first-order valence-corrected chi connectivity index (χ1v) is 5.99. The maximum atomic E-state index is 13.9. The molecule has 0 saturated heterocycles. The number of rotatable bonds is 4. The zero-order valence-corrected chi connectivity index (χ0v) is 11.1. The number of methoxy groups -OCH3 is 1. The van der Waals surface area contributed by atoms with Gasteiger partial charge in [0.15, 0.2) is 0 Å². The number of aromatic nitrogens is 2. The Kier molecular flexibility index (Phi) is 3.94. The van der Waals surface area contributed by atoms with Gasteiger partial charge in [0, 0.05) is 12.4 Å². The molecule has 1 heterocycles. The summed E-state index contributed by atoms with van der Waals surface area (Å²) in [4.78, 5) is 8.29. The van der Waals surface area contributed by atoms with Gasteiger partial charge in [-0.25, -0.2) is 14.4 Å². The number of nitrogens with zero attached hydrogens (tertiary/aromatic N) is 2. The van der Waals surface area contributed by atoms with Gasteiger partial charge in [-0.15, -0.1) is 0 Å². The number of hydrogen-bond acceptors (Lipinski definition) is 4. The van der Waals surface area contributed by atoms with Crippen LogP contribution in [0.5, 0.6) is 5.75 Å². The Balaban J connectivity index is 2.24. The second-order valence-corrected chi connectivity index (χ2v) is 4.31. The molecule has 19 heavy (non-hydrogen) atoms. The molecule has 0 amide bonds. The average molecular weight is 261 g/mol. The van der Waals surface area contributed by atoms with Crippen LogP contribution in [0.4, 0.5) is 10.3 Å². The minimum atomic E-state index is -0.313. The van der Waals surface area contributed by atoms with Crippen LogP contribution in [0.2, 0.25) is 0 Å². The van der Waals surface area contributed by atoms with Crippen LogP contribution < -0.4 is 10.1 Å². The van der Waals surface area contributed by atoms with Crippen molar-refractivity contribution in [2.45, 2.75) is 19.9 Å². The summed E-state index contributed by atoms with van der Waals surface area (Å²) in [5.41, 5.74) is 1.44. The molecule has 0 bridgehead atoms. The van der Waals surface area contributed by atoms with Crippen LogP contribution >= 0.6 is 0 Å². The lowest BCUT2D eigenvalue weighted by Gasteiger charge is -2.17. The second-order valence-electron chi connectivity index (χ2n) is 4.31. The van der Waals surface area contributed by atoms with Gasteiger partial charge in [-0.05, 0) is 31.5 Å². The first kappa shape index (κ1) is 13.3. The Morgan fingerprint density at radius 3 is 2.58 bits per heavy atom. The minimum Gasteiger partial charge on any atom is -0.496 e. The van der Waals surface area contributed by atoms with E-state index in [0.29, 0.717) is 17.3 Å². The van der Waals surface area contributed by atoms with Crippen molar-refractivity contribution >= 4 is 5.95 Å². The van der Waals surface area contributed by atoms with Crippen molar-refractivity contribution in [3.05, 3.63) is 47.5 Å². The second kappa shape index (κ2) is 5.65. The lowest BCUT2D eigenvalue weighted by atomic mass is 10.1. The van der Waals surface area contributed by atoms with E-state index in [1.807, 2.05) is 13.8 Å². The zero-order valence-electron chi connectivity index (χ0n) is 11.1. The largest absolute Gasteiger partial charge is 0.496 e. The minimum absolute atomic E-state index is 0.293.